The number of nitrogens with one attached hydrogen (secondary N) is 4. The van der Waals surface area contributed by atoms with Crippen LogP contribution in [0.4, 0.5) is 22.7 Å². The number of benzene rings is 4. The first-order valence-electron chi connectivity index (χ1n) is 39.4. The van der Waals surface area contributed by atoms with Crippen molar-refractivity contribution in [3.8, 4) is 0 Å². The maximum atomic E-state index is 14.5. The zero-order chi connectivity index (χ0) is 87.6. The first kappa shape index (κ1) is 91.2. The Morgan fingerprint density at radius 3 is 1.24 bits per heavy atom. The number of nitrogens with zero attached hydrogens (tertiary/aromatic N) is 5. The van der Waals surface area contributed by atoms with E-state index in [2.05, 4.69) is 58.8 Å². The zero-order valence-electron chi connectivity index (χ0n) is 68.6. The van der Waals surface area contributed by atoms with Crippen LogP contribution in [0.2, 0.25) is 0 Å². The Labute approximate surface area is 694 Å². The van der Waals surface area contributed by atoms with E-state index in [9.17, 15) is 90.2 Å². The predicted molar refractivity (Wildman–Crippen MR) is 437 cm³/mol. The first-order valence-corrected chi connectivity index (χ1v) is 45.4. The van der Waals surface area contributed by atoms with Crippen LogP contribution in [-0.4, -0.2) is 194 Å². The molecule has 640 valence electrons. The third-order valence-electron chi connectivity index (χ3n) is 22.8. The van der Waals surface area contributed by atoms with Gasteiger partial charge in [-0.2, -0.15) is 9.15 Å². The van der Waals surface area contributed by atoms with E-state index in [1.807, 2.05) is 76.2 Å². The van der Waals surface area contributed by atoms with E-state index in [0.717, 1.165) is 72.4 Å². The lowest BCUT2D eigenvalue weighted by Gasteiger charge is -2.33. The smallest absolute Gasteiger partial charge is 0.333 e. The van der Waals surface area contributed by atoms with Crippen LogP contribution in [0, 0.1) is 0 Å². The molecule has 1 fully saturated rings. The largest absolute Gasteiger partial charge is 0.748 e. The SMILES string of the molecule is CCCCCN1/C(=C/C2=C(NC(CS(=O)(=O)[O-])C(=O)NCCCCC(=O)O)C(=C/C3=[N+](C)c4ccc(S(=O)(=O)[O-])cc4C3(C)C)/C2=O)C(C)(C)c2ccccc21.CCCCCN1/C(=C/C2=C(NC(CS(=O)(=O)[O-])C(=O)NCCCCC(=O)ON3C(=O)CCC3=O)C(=C/C3=[N+](C)c4ccc(S(=O)(=O)[O-])cc4C3(C)C)/C2=O)C(C)(C)c2ccccc21. The Kier molecular flexibility index (Phi) is 27.3. The molecule has 4 aromatic rings. The summed E-state index contributed by atoms with van der Waals surface area (Å²) in [5.74, 6) is -7.92. The minimum absolute atomic E-state index is 0.0240. The Balaban J connectivity index is 0.000000252. The van der Waals surface area contributed by atoms with Crippen molar-refractivity contribution in [2.24, 2.45) is 0 Å². The second-order valence-electron chi connectivity index (χ2n) is 32.6. The standard InChI is InChI=1S/C44H53N5O12S2.C40H50N4O10S2/c1-7-8-13-22-48-34-15-10-9-14-30(34)43(2,3)36(48)25-29-40(28(41(29)53)24-35-44(4,5)31-23-27(63(58,59)60)17-18-33(31)47(35)6)46-32(26-62(55,56)57)42(54)45-21-12-11-16-39(52)61-49-37(50)19-20-38(49)51;1-7-8-13-20-44-32-15-10-9-14-28(32)39(2,3)34(44)23-27-36(42-30(24-55(49,50)51)38(48)41-19-12-11-16-35(45)46)26(37(27)47)22-33-40(4,5)29-21-25(56(52,53)54)17-18-31(29)43(33)6/h9-10,14-15,17-18,23-25,32H,7-8,11-13,16,19-22,26H2,1-6H3,(H3-,45,46,53,54,55,56,57,58,59,60);9-10,14-15,17-18,21-23,30H,7-8,11-13,16,19-20,24H2,1-6H3,(H4-,41,42,45,46,47,48,49,50,51,52,53,54)/p-2. The van der Waals surface area contributed by atoms with Crippen molar-refractivity contribution in [2.75, 3.05) is 61.6 Å². The van der Waals surface area contributed by atoms with Crippen LogP contribution in [-0.2, 0) is 105 Å². The number of carboxylic acids is 1. The van der Waals surface area contributed by atoms with E-state index in [-0.39, 0.29) is 98.1 Å². The number of hydrogen-bond donors (Lipinski definition) is 5. The molecule has 0 saturated carbocycles. The molecule has 11 rings (SSSR count). The van der Waals surface area contributed by atoms with Crippen LogP contribution in [0.5, 0.6) is 0 Å². The van der Waals surface area contributed by atoms with E-state index in [0.29, 0.717) is 52.1 Å². The Morgan fingerprint density at radius 2 is 0.882 bits per heavy atom. The van der Waals surface area contributed by atoms with E-state index in [1.54, 1.807) is 61.4 Å². The van der Waals surface area contributed by atoms with E-state index in [1.165, 1.54) is 36.4 Å². The van der Waals surface area contributed by atoms with Crippen LogP contribution in [0.1, 0.15) is 181 Å². The minimum Gasteiger partial charge on any atom is -0.748 e. The second kappa shape index (κ2) is 35.7. The number of hydroxylamine groups is 2. The molecule has 5 N–H and O–H groups in total. The van der Waals surface area contributed by atoms with Gasteiger partial charge in [0.2, 0.25) is 23.2 Å². The summed E-state index contributed by atoms with van der Waals surface area (Å²) < 4.78 is 149. The molecule has 5 heterocycles. The molecule has 4 aromatic carbocycles. The average molecular weight is 1720 g/mol. The number of amides is 4. The number of fused-ring (bicyclic) bond motifs is 4. The topological polar surface area (TPSA) is 459 Å². The fraction of sp³-hybridized carbons (Fsp3) is 0.452. The Morgan fingerprint density at radius 1 is 0.504 bits per heavy atom. The number of anilines is 2. The molecule has 7 aliphatic rings. The second-order valence-corrected chi connectivity index (χ2v) is 38.3. The van der Waals surface area contributed by atoms with Gasteiger partial charge in [0, 0.05) is 132 Å². The van der Waals surface area contributed by atoms with Crippen LogP contribution in [0.3, 0.4) is 0 Å². The van der Waals surface area contributed by atoms with Gasteiger partial charge >= 0.3 is 11.9 Å². The van der Waals surface area contributed by atoms with Gasteiger partial charge in [0.05, 0.1) is 74.9 Å². The number of allylic oxidation sites excluding steroid dienone is 10. The highest BCUT2D eigenvalue weighted by atomic mass is 32.2. The number of rotatable bonds is 35. The summed E-state index contributed by atoms with van der Waals surface area (Å²) in [5.41, 5.74) is 6.69. The molecule has 0 bridgehead atoms. The van der Waals surface area contributed by atoms with Gasteiger partial charge in [0.1, 0.15) is 46.4 Å². The number of unbranched alkanes of at least 4 members (excludes halogenated alkanes) is 6. The van der Waals surface area contributed by atoms with Crippen LogP contribution < -0.4 is 31.1 Å². The summed E-state index contributed by atoms with van der Waals surface area (Å²) in [4.78, 5) is 111. The molecule has 0 aromatic heterocycles. The van der Waals surface area contributed by atoms with Crippen molar-refractivity contribution in [3.05, 3.63) is 177 Å². The highest BCUT2D eigenvalue weighted by Gasteiger charge is 2.51. The van der Waals surface area contributed by atoms with Crippen molar-refractivity contribution in [2.45, 2.75) is 203 Å². The summed E-state index contributed by atoms with van der Waals surface area (Å²) in [6.07, 6.45) is 12.8. The minimum atomic E-state index is -5.05. The highest BCUT2D eigenvalue weighted by Crippen LogP contribution is 2.52. The molecule has 2 aliphatic carbocycles. The summed E-state index contributed by atoms with van der Waals surface area (Å²) in [6, 6.07) is 20.7. The van der Waals surface area contributed by atoms with Crippen molar-refractivity contribution in [1.82, 2.24) is 26.3 Å². The number of carbonyl (C=O) groups excluding carboxylic acids is 7. The maximum absolute atomic E-state index is 14.5. The lowest BCUT2D eigenvalue weighted by Crippen LogP contribution is -2.50. The molecule has 1 saturated heterocycles. The van der Waals surface area contributed by atoms with Gasteiger partial charge in [0.25, 0.3) is 11.8 Å². The maximum Gasteiger partial charge on any atom is 0.333 e. The van der Waals surface area contributed by atoms with Crippen molar-refractivity contribution < 1.29 is 109 Å². The Bertz CT molecular complexity index is 5590. The van der Waals surface area contributed by atoms with E-state index < -0.39 is 143 Å². The number of Topliss-reactive ketones (excluding diaryl/α,β-unsaturated/α-hetero) is 2. The average Bonchev–Trinajstić information content (AvgIpc) is 1.61. The first-order chi connectivity index (χ1) is 55.6. The molecule has 2 atom stereocenters. The summed E-state index contributed by atoms with van der Waals surface area (Å²) in [6.45, 7) is 20.9. The fourth-order valence-electron chi connectivity index (χ4n) is 16.3. The van der Waals surface area contributed by atoms with Gasteiger partial charge in [-0.1, -0.05) is 104 Å². The number of carbonyl (C=O) groups is 8. The monoisotopic (exact) mass is 1720 g/mol. The molecule has 4 amide bonds. The van der Waals surface area contributed by atoms with Crippen LogP contribution in [0.15, 0.2) is 164 Å². The molecule has 0 spiro atoms. The third-order valence-corrected chi connectivity index (χ3v) is 25.9. The molecular weight excluding hydrogens is 1620 g/mol. The van der Waals surface area contributed by atoms with Crippen molar-refractivity contribution in [3.63, 3.8) is 0 Å². The fourth-order valence-corrected chi connectivity index (χ4v) is 18.6. The van der Waals surface area contributed by atoms with Crippen LogP contribution >= 0.6 is 0 Å². The summed E-state index contributed by atoms with van der Waals surface area (Å²) in [5, 5.41) is 20.5. The molecule has 0 radical (unpaired) electrons. The molecule has 5 aliphatic heterocycles. The van der Waals surface area contributed by atoms with Gasteiger partial charge < -0.3 is 59.2 Å². The third kappa shape index (κ3) is 19.8. The number of carboxylic acid groups (broad SMARTS) is 1. The van der Waals surface area contributed by atoms with Gasteiger partial charge in [-0.3, -0.25) is 33.6 Å². The van der Waals surface area contributed by atoms with Gasteiger partial charge in [-0.15, -0.1) is 5.06 Å². The number of hydrogen-bond acceptors (Lipinski definition) is 25. The van der Waals surface area contributed by atoms with E-state index >= 15 is 0 Å². The molecular formula is C84H101N9O22S4-2. The lowest BCUT2D eigenvalue weighted by atomic mass is 9.76. The van der Waals surface area contributed by atoms with Gasteiger partial charge in [-0.05, 0) is 126 Å². The molecule has 119 heavy (non-hydrogen) atoms. The number of aliphatic carboxylic acids is 1. The predicted octanol–water partition coefficient (Wildman–Crippen LogP) is 7.74. The normalized spacial score (nSPS) is 19.5. The van der Waals surface area contributed by atoms with Gasteiger partial charge in [-0.25, -0.2) is 38.5 Å². The van der Waals surface area contributed by atoms with Crippen molar-refractivity contribution >= 4 is 122 Å². The zero-order valence-corrected chi connectivity index (χ0v) is 71.8. The van der Waals surface area contributed by atoms with Crippen molar-refractivity contribution in [1.29, 1.82) is 0 Å². The summed E-state index contributed by atoms with van der Waals surface area (Å²) in [7, 11) is -16.2. The van der Waals surface area contributed by atoms with Gasteiger partial charge in [0.15, 0.2) is 23.0 Å². The molecule has 2 unspecified atom stereocenters. The van der Waals surface area contributed by atoms with E-state index in [4.69, 9.17) is 9.94 Å². The van der Waals surface area contributed by atoms with Crippen LogP contribution in [0.25, 0.3) is 0 Å². The quantitative estimate of drug-likeness (QED) is 0.00966. The molecule has 35 heteroatoms. The molecule has 31 nitrogen and oxygen atoms in total. The number of para-hydroxylation sites is 2. The summed E-state index contributed by atoms with van der Waals surface area (Å²) >= 11 is 0. The number of imide groups is 1. The Hall–Kier alpha value is -10.1. The number of ketones is 2. The highest BCUT2D eigenvalue weighted by molar-refractivity contribution is 7.86. The lowest BCUT2D eigenvalue weighted by molar-refractivity contribution is -0.401.